The molecule has 0 saturated carbocycles. The molecule has 0 radical (unpaired) electrons. The molecule has 7 nitrogen and oxygen atoms in total. The molecule has 0 atom stereocenters. The number of amides is 1. The number of carbonyl (C=O) groups is 1. The van der Waals surface area contributed by atoms with E-state index >= 15 is 0 Å². The molecule has 2 aromatic rings. The molecule has 1 saturated heterocycles. The van der Waals surface area contributed by atoms with Gasteiger partial charge in [-0.1, -0.05) is 0 Å². The van der Waals surface area contributed by atoms with E-state index in [1.165, 1.54) is 15.6 Å². The fraction of sp³-hybridized carbons (Fsp3) is 0.471. The highest BCUT2D eigenvalue weighted by Gasteiger charge is 2.19. The summed E-state index contributed by atoms with van der Waals surface area (Å²) in [4.78, 5) is 38.3. The van der Waals surface area contributed by atoms with Gasteiger partial charge in [0, 0.05) is 27.2 Å². The van der Waals surface area contributed by atoms with Crippen molar-refractivity contribution in [2.24, 2.45) is 14.1 Å². The largest absolute Gasteiger partial charge is 0.370 e. The quantitative estimate of drug-likeness (QED) is 0.660. The number of piperidine rings is 1. The summed E-state index contributed by atoms with van der Waals surface area (Å²) in [7, 11) is 3.14. The van der Waals surface area contributed by atoms with E-state index in [4.69, 9.17) is 11.6 Å². The molecular formula is C17H21ClN4O3. The first-order valence-electron chi connectivity index (χ1n) is 8.28. The van der Waals surface area contributed by atoms with E-state index in [-0.39, 0.29) is 11.8 Å². The standard InChI is InChI=1S/C17H21ClN4O3/c1-20-13-8-11(19-15(23)10-18)12(22-6-4-3-5-7-22)9-14(13)21(2)17(25)16(20)24/h8-9H,3-7,10H2,1-2H3,(H,19,23). The lowest BCUT2D eigenvalue weighted by molar-refractivity contribution is -0.113. The van der Waals surface area contributed by atoms with Gasteiger partial charge in [-0.3, -0.25) is 14.4 Å². The van der Waals surface area contributed by atoms with Crippen LogP contribution in [0.5, 0.6) is 0 Å². The molecule has 1 amide bonds. The van der Waals surface area contributed by atoms with E-state index < -0.39 is 11.1 Å². The SMILES string of the molecule is Cn1c(=O)c(=O)n(C)c2cc(N3CCCCC3)c(NC(=O)CCl)cc21. The first kappa shape index (κ1) is 17.5. The number of hydrogen-bond donors (Lipinski definition) is 1. The van der Waals surface area contributed by atoms with Crippen LogP contribution in [0.3, 0.4) is 0 Å². The summed E-state index contributed by atoms with van der Waals surface area (Å²) in [5.41, 5.74) is 1.51. The molecule has 134 valence electrons. The normalized spacial score (nSPS) is 14.8. The second-order valence-electron chi connectivity index (χ2n) is 6.32. The topological polar surface area (TPSA) is 76.3 Å². The van der Waals surface area contributed by atoms with E-state index in [1.807, 2.05) is 6.07 Å². The van der Waals surface area contributed by atoms with Crippen molar-refractivity contribution in [3.63, 3.8) is 0 Å². The van der Waals surface area contributed by atoms with E-state index in [1.54, 1.807) is 20.2 Å². The molecular weight excluding hydrogens is 344 g/mol. The van der Waals surface area contributed by atoms with Crippen LogP contribution in [0.2, 0.25) is 0 Å². The summed E-state index contributed by atoms with van der Waals surface area (Å²) < 4.78 is 2.67. The van der Waals surface area contributed by atoms with Gasteiger partial charge in [0.2, 0.25) is 5.91 Å². The molecule has 1 aliphatic heterocycles. The molecule has 2 heterocycles. The number of nitrogens with zero attached hydrogens (tertiary/aromatic N) is 3. The van der Waals surface area contributed by atoms with Crippen LogP contribution in [0.4, 0.5) is 11.4 Å². The molecule has 25 heavy (non-hydrogen) atoms. The fourth-order valence-corrected chi connectivity index (χ4v) is 3.36. The lowest BCUT2D eigenvalue weighted by Gasteiger charge is -2.31. The number of aromatic nitrogens is 2. The van der Waals surface area contributed by atoms with E-state index in [0.717, 1.165) is 31.6 Å². The minimum Gasteiger partial charge on any atom is -0.370 e. The van der Waals surface area contributed by atoms with E-state index in [2.05, 4.69) is 10.2 Å². The van der Waals surface area contributed by atoms with Gasteiger partial charge in [0.25, 0.3) is 0 Å². The number of hydrogen-bond acceptors (Lipinski definition) is 4. The molecule has 0 aliphatic carbocycles. The molecule has 1 fully saturated rings. The predicted molar refractivity (Wildman–Crippen MR) is 99.8 cm³/mol. The Morgan fingerprint density at radius 3 is 2.16 bits per heavy atom. The van der Waals surface area contributed by atoms with Gasteiger partial charge < -0.3 is 19.4 Å². The van der Waals surface area contributed by atoms with Crippen LogP contribution < -0.4 is 21.3 Å². The van der Waals surface area contributed by atoms with Crippen molar-refractivity contribution < 1.29 is 4.79 Å². The molecule has 1 N–H and O–H groups in total. The summed E-state index contributed by atoms with van der Waals surface area (Å²) in [6, 6.07) is 3.61. The molecule has 1 aliphatic rings. The first-order chi connectivity index (χ1) is 11.9. The third-order valence-electron chi connectivity index (χ3n) is 4.70. The number of carbonyl (C=O) groups excluding carboxylic acids is 1. The Kier molecular flexibility index (Phi) is 4.85. The molecule has 0 unspecified atom stereocenters. The Bertz CT molecular complexity index is 942. The smallest absolute Gasteiger partial charge is 0.316 e. The molecule has 8 heteroatoms. The number of anilines is 2. The lowest BCUT2D eigenvalue weighted by atomic mass is 10.1. The van der Waals surface area contributed by atoms with Gasteiger partial charge in [-0.2, -0.15) is 0 Å². The van der Waals surface area contributed by atoms with E-state index in [0.29, 0.717) is 16.7 Å². The molecule has 1 aromatic heterocycles. The first-order valence-corrected chi connectivity index (χ1v) is 8.82. The van der Waals surface area contributed by atoms with Gasteiger partial charge in [0.15, 0.2) is 0 Å². The van der Waals surface area contributed by atoms with Crippen molar-refractivity contribution in [1.29, 1.82) is 0 Å². The van der Waals surface area contributed by atoms with Gasteiger partial charge in [-0.05, 0) is 31.4 Å². The van der Waals surface area contributed by atoms with Crippen LogP contribution in [0.1, 0.15) is 19.3 Å². The van der Waals surface area contributed by atoms with Crippen molar-refractivity contribution >= 4 is 39.9 Å². The highest BCUT2D eigenvalue weighted by Crippen LogP contribution is 2.32. The van der Waals surface area contributed by atoms with Crippen molar-refractivity contribution in [1.82, 2.24) is 9.13 Å². The van der Waals surface area contributed by atoms with Gasteiger partial charge in [-0.25, -0.2) is 0 Å². The number of rotatable bonds is 3. The highest BCUT2D eigenvalue weighted by atomic mass is 35.5. The summed E-state index contributed by atoms with van der Waals surface area (Å²) in [6.07, 6.45) is 3.33. The minimum atomic E-state index is -0.602. The average molecular weight is 365 g/mol. The van der Waals surface area contributed by atoms with Crippen molar-refractivity contribution in [3.05, 3.63) is 32.8 Å². The number of halogens is 1. The van der Waals surface area contributed by atoms with Gasteiger partial charge >= 0.3 is 11.1 Å². The zero-order valence-electron chi connectivity index (χ0n) is 14.3. The van der Waals surface area contributed by atoms with E-state index in [9.17, 15) is 14.4 Å². The van der Waals surface area contributed by atoms with Gasteiger partial charge in [0.05, 0.1) is 22.4 Å². The molecule has 0 spiro atoms. The number of nitrogens with one attached hydrogen (secondary N) is 1. The van der Waals surface area contributed by atoms with Gasteiger partial charge in [-0.15, -0.1) is 11.6 Å². The van der Waals surface area contributed by atoms with Crippen LogP contribution in [-0.4, -0.2) is 34.0 Å². The van der Waals surface area contributed by atoms with Crippen LogP contribution >= 0.6 is 11.6 Å². The summed E-state index contributed by atoms with van der Waals surface area (Å²) >= 11 is 5.63. The highest BCUT2D eigenvalue weighted by molar-refractivity contribution is 6.29. The second kappa shape index (κ2) is 6.92. The molecule has 3 rings (SSSR count). The number of fused-ring (bicyclic) bond motifs is 1. The monoisotopic (exact) mass is 364 g/mol. The Morgan fingerprint density at radius 2 is 1.60 bits per heavy atom. The van der Waals surface area contributed by atoms with Crippen molar-refractivity contribution in [3.8, 4) is 0 Å². The summed E-state index contributed by atoms with van der Waals surface area (Å²) in [6.45, 7) is 1.77. The Hall–Kier alpha value is -2.28. The summed E-state index contributed by atoms with van der Waals surface area (Å²) in [5, 5.41) is 2.82. The maximum absolute atomic E-state index is 12.1. The van der Waals surface area contributed by atoms with Crippen molar-refractivity contribution in [2.75, 3.05) is 29.2 Å². The lowest BCUT2D eigenvalue weighted by Crippen LogP contribution is -2.39. The maximum Gasteiger partial charge on any atom is 0.316 e. The fourth-order valence-electron chi connectivity index (χ4n) is 3.29. The van der Waals surface area contributed by atoms with Crippen LogP contribution in [0, 0.1) is 0 Å². The third kappa shape index (κ3) is 3.16. The summed E-state index contributed by atoms with van der Waals surface area (Å²) in [5.74, 6) is -0.460. The number of aryl methyl sites for hydroxylation is 2. The van der Waals surface area contributed by atoms with Gasteiger partial charge in [0.1, 0.15) is 5.88 Å². The van der Waals surface area contributed by atoms with Crippen molar-refractivity contribution in [2.45, 2.75) is 19.3 Å². The van der Waals surface area contributed by atoms with Crippen LogP contribution in [0.25, 0.3) is 11.0 Å². The molecule has 1 aromatic carbocycles. The molecule has 0 bridgehead atoms. The third-order valence-corrected chi connectivity index (χ3v) is 4.94. The maximum atomic E-state index is 12.1. The Balaban J connectivity index is 2.27. The minimum absolute atomic E-state index is 0.149. The zero-order chi connectivity index (χ0) is 18.1. The number of alkyl halides is 1. The van der Waals surface area contributed by atoms with Crippen LogP contribution in [-0.2, 0) is 18.9 Å². The second-order valence-corrected chi connectivity index (χ2v) is 6.58. The Labute approximate surface area is 149 Å². The Morgan fingerprint density at radius 1 is 1.04 bits per heavy atom. The van der Waals surface area contributed by atoms with Crippen LogP contribution in [0.15, 0.2) is 21.7 Å². The number of benzene rings is 1. The zero-order valence-corrected chi connectivity index (χ0v) is 15.1. The average Bonchev–Trinajstić information content (AvgIpc) is 2.64. The predicted octanol–water partition coefficient (Wildman–Crippen LogP) is 1.40.